The van der Waals surface area contributed by atoms with Gasteiger partial charge in [-0.15, -0.1) is 0 Å². The van der Waals surface area contributed by atoms with Crippen LogP contribution in [0.4, 0.5) is 4.79 Å². The predicted molar refractivity (Wildman–Crippen MR) is 132 cm³/mol. The molecule has 6 heteroatoms. The molecule has 0 bridgehead atoms. The SMILES string of the molecule is CCCCN1C(=O)S/C(=C\c2cn(Cc3ccc(Br)cc3)c3c(CC)cccc23)C1=O. The zero-order valence-electron chi connectivity index (χ0n) is 17.7. The van der Waals surface area contributed by atoms with Gasteiger partial charge in [-0.2, -0.15) is 0 Å². The molecule has 1 aromatic heterocycles. The van der Waals surface area contributed by atoms with E-state index < -0.39 is 0 Å². The first-order valence-corrected chi connectivity index (χ1v) is 12.2. The molecule has 4 nitrogen and oxygen atoms in total. The van der Waals surface area contributed by atoms with E-state index in [9.17, 15) is 9.59 Å². The van der Waals surface area contributed by atoms with Crippen molar-refractivity contribution in [2.75, 3.05) is 6.54 Å². The van der Waals surface area contributed by atoms with E-state index in [1.165, 1.54) is 21.5 Å². The zero-order valence-corrected chi connectivity index (χ0v) is 20.1. The van der Waals surface area contributed by atoms with Crippen LogP contribution in [0.15, 0.2) is 58.0 Å². The van der Waals surface area contributed by atoms with E-state index in [4.69, 9.17) is 0 Å². The van der Waals surface area contributed by atoms with E-state index in [2.05, 4.69) is 83.0 Å². The second-order valence-corrected chi connectivity index (χ2v) is 9.60. The van der Waals surface area contributed by atoms with Gasteiger partial charge in [0.25, 0.3) is 11.1 Å². The third-order valence-corrected chi connectivity index (χ3v) is 6.99. The molecular formula is C25H25BrN2O2S. The number of unbranched alkanes of at least 4 members (excludes halogenated alkanes) is 1. The largest absolute Gasteiger partial charge is 0.342 e. The molecule has 1 aliphatic heterocycles. The van der Waals surface area contributed by atoms with Crippen molar-refractivity contribution < 1.29 is 9.59 Å². The standard InChI is InChI=1S/C25H25BrN2O2S/c1-3-5-13-28-24(29)22(31-25(28)30)14-19-16-27(15-17-9-11-20(26)12-10-17)23-18(4-2)7-6-8-21(19)23/h6-12,14,16H,3-5,13,15H2,1-2H3/b22-14-. The van der Waals surface area contributed by atoms with E-state index in [0.717, 1.165) is 53.0 Å². The van der Waals surface area contributed by atoms with Crippen LogP contribution in [-0.2, 0) is 17.8 Å². The predicted octanol–water partition coefficient (Wildman–Crippen LogP) is 6.85. The number of thioether (sulfide) groups is 1. The Bertz CT molecular complexity index is 1160. The highest BCUT2D eigenvalue weighted by molar-refractivity contribution is 9.10. The maximum atomic E-state index is 12.8. The molecule has 0 saturated carbocycles. The number of hydrogen-bond donors (Lipinski definition) is 0. The number of hydrogen-bond acceptors (Lipinski definition) is 3. The zero-order chi connectivity index (χ0) is 22.0. The van der Waals surface area contributed by atoms with Crippen molar-refractivity contribution in [1.29, 1.82) is 0 Å². The van der Waals surface area contributed by atoms with Crippen molar-refractivity contribution in [1.82, 2.24) is 9.47 Å². The van der Waals surface area contributed by atoms with Crippen molar-refractivity contribution >= 4 is 55.8 Å². The number of halogens is 1. The monoisotopic (exact) mass is 496 g/mol. The van der Waals surface area contributed by atoms with E-state index in [0.29, 0.717) is 11.4 Å². The number of imide groups is 1. The summed E-state index contributed by atoms with van der Waals surface area (Å²) in [4.78, 5) is 27.0. The molecule has 0 atom stereocenters. The summed E-state index contributed by atoms with van der Waals surface area (Å²) in [6.45, 7) is 5.45. The van der Waals surface area contributed by atoms with Gasteiger partial charge in [0, 0.05) is 34.7 Å². The van der Waals surface area contributed by atoms with Crippen LogP contribution in [0, 0.1) is 0 Å². The highest BCUT2D eigenvalue weighted by atomic mass is 79.9. The first kappa shape index (κ1) is 21.9. The summed E-state index contributed by atoms with van der Waals surface area (Å²) >= 11 is 4.54. The summed E-state index contributed by atoms with van der Waals surface area (Å²) in [6, 6.07) is 14.6. The van der Waals surface area contributed by atoms with Crippen molar-refractivity contribution in [2.24, 2.45) is 0 Å². The molecule has 4 rings (SSSR count). The first-order valence-electron chi connectivity index (χ1n) is 10.6. The summed E-state index contributed by atoms with van der Waals surface area (Å²) in [5.41, 5.74) is 4.63. The Balaban J connectivity index is 1.75. The van der Waals surface area contributed by atoms with E-state index >= 15 is 0 Å². The Labute approximate surface area is 195 Å². The summed E-state index contributed by atoms with van der Waals surface area (Å²) in [5.74, 6) is -0.177. The fourth-order valence-electron chi connectivity index (χ4n) is 3.93. The van der Waals surface area contributed by atoms with E-state index in [1.54, 1.807) is 0 Å². The molecule has 1 saturated heterocycles. The normalized spacial score (nSPS) is 15.6. The van der Waals surface area contributed by atoms with Crippen LogP contribution < -0.4 is 0 Å². The lowest BCUT2D eigenvalue weighted by molar-refractivity contribution is -0.122. The molecule has 2 aromatic carbocycles. The lowest BCUT2D eigenvalue weighted by Crippen LogP contribution is -2.29. The second kappa shape index (κ2) is 9.45. The third kappa shape index (κ3) is 4.51. The lowest BCUT2D eigenvalue weighted by Gasteiger charge is -2.10. The second-order valence-electron chi connectivity index (χ2n) is 7.69. The lowest BCUT2D eigenvalue weighted by atomic mass is 10.1. The van der Waals surface area contributed by atoms with Gasteiger partial charge in [0.05, 0.1) is 10.4 Å². The minimum atomic E-state index is -0.177. The first-order chi connectivity index (χ1) is 15.0. The highest BCUT2D eigenvalue weighted by Crippen LogP contribution is 2.35. The van der Waals surface area contributed by atoms with Gasteiger partial charge in [0.1, 0.15) is 0 Å². The Morgan fingerprint density at radius 3 is 2.55 bits per heavy atom. The molecule has 0 aliphatic carbocycles. The van der Waals surface area contributed by atoms with Gasteiger partial charge < -0.3 is 4.57 Å². The number of para-hydroxylation sites is 1. The fourth-order valence-corrected chi connectivity index (χ4v) is 5.05. The number of carbonyl (C=O) groups is 2. The highest BCUT2D eigenvalue weighted by Gasteiger charge is 2.34. The van der Waals surface area contributed by atoms with Gasteiger partial charge >= 0.3 is 0 Å². The topological polar surface area (TPSA) is 42.3 Å². The molecule has 31 heavy (non-hydrogen) atoms. The third-order valence-electron chi connectivity index (χ3n) is 5.56. The minimum Gasteiger partial charge on any atom is -0.342 e. The van der Waals surface area contributed by atoms with E-state index in [-0.39, 0.29) is 11.1 Å². The van der Waals surface area contributed by atoms with Gasteiger partial charge in [-0.05, 0) is 53.9 Å². The van der Waals surface area contributed by atoms with Gasteiger partial charge in [-0.1, -0.05) is 66.5 Å². The van der Waals surface area contributed by atoms with Crippen LogP contribution in [0.1, 0.15) is 43.4 Å². The molecule has 160 valence electrons. The molecule has 2 heterocycles. The van der Waals surface area contributed by atoms with Gasteiger partial charge in [0.15, 0.2) is 0 Å². The summed E-state index contributed by atoms with van der Waals surface area (Å²) in [6.07, 6.45) is 6.69. The maximum absolute atomic E-state index is 12.8. The number of aryl methyl sites for hydroxylation is 1. The van der Waals surface area contributed by atoms with Crippen molar-refractivity contribution in [3.8, 4) is 0 Å². The number of rotatable bonds is 7. The molecule has 1 aliphatic rings. The Morgan fingerprint density at radius 1 is 1.06 bits per heavy atom. The Morgan fingerprint density at radius 2 is 1.84 bits per heavy atom. The minimum absolute atomic E-state index is 0.169. The average molecular weight is 497 g/mol. The summed E-state index contributed by atoms with van der Waals surface area (Å²) in [5, 5.41) is 0.939. The summed E-state index contributed by atoms with van der Waals surface area (Å²) < 4.78 is 3.31. The number of benzene rings is 2. The maximum Gasteiger partial charge on any atom is 0.293 e. The van der Waals surface area contributed by atoms with Gasteiger partial charge in [-0.25, -0.2) is 0 Å². The van der Waals surface area contributed by atoms with Crippen LogP contribution in [-0.4, -0.2) is 27.2 Å². The number of amides is 2. The molecule has 0 unspecified atom stereocenters. The quantitative estimate of drug-likeness (QED) is 0.335. The fraction of sp³-hybridized carbons (Fsp3) is 0.280. The smallest absolute Gasteiger partial charge is 0.293 e. The van der Waals surface area contributed by atoms with E-state index in [1.807, 2.05) is 6.08 Å². The van der Waals surface area contributed by atoms with Gasteiger partial charge in [-0.3, -0.25) is 14.5 Å². The van der Waals surface area contributed by atoms with Gasteiger partial charge in [0.2, 0.25) is 0 Å². The number of nitrogens with zero attached hydrogens (tertiary/aromatic N) is 2. The van der Waals surface area contributed by atoms with Crippen LogP contribution in [0.2, 0.25) is 0 Å². The molecule has 0 N–H and O–H groups in total. The van der Waals surface area contributed by atoms with Crippen LogP contribution >= 0.6 is 27.7 Å². The average Bonchev–Trinajstić information content (AvgIpc) is 3.25. The molecular weight excluding hydrogens is 472 g/mol. The van der Waals surface area contributed by atoms with Crippen LogP contribution in [0.25, 0.3) is 17.0 Å². The molecule has 1 fully saturated rings. The molecule has 3 aromatic rings. The number of aromatic nitrogens is 1. The molecule has 0 radical (unpaired) electrons. The summed E-state index contributed by atoms with van der Waals surface area (Å²) in [7, 11) is 0. The van der Waals surface area contributed by atoms with Crippen molar-refractivity contribution in [2.45, 2.75) is 39.7 Å². The number of fused-ring (bicyclic) bond motifs is 1. The molecule has 0 spiro atoms. The van der Waals surface area contributed by atoms with Crippen molar-refractivity contribution in [3.63, 3.8) is 0 Å². The van der Waals surface area contributed by atoms with Crippen LogP contribution in [0.3, 0.4) is 0 Å². The van der Waals surface area contributed by atoms with Crippen molar-refractivity contribution in [3.05, 3.63) is 74.7 Å². The Hall–Kier alpha value is -2.31. The van der Waals surface area contributed by atoms with Crippen LogP contribution in [0.5, 0.6) is 0 Å². The Kier molecular flexibility index (Phi) is 6.68. The molecule has 2 amide bonds. The number of carbonyl (C=O) groups excluding carboxylic acids is 2.